The number of nitrogens with one attached hydrogen (secondary N) is 1. The van der Waals surface area contributed by atoms with E-state index >= 15 is 0 Å². The van der Waals surface area contributed by atoms with Crippen LogP contribution in [-0.2, 0) is 16.0 Å². The smallest absolute Gasteiger partial charge is 0.333 e. The standard InChI is InChI=1S/C30H33Cl3N2O6/c1-2-39-28(29(36)37)17-21-9-11-24(12-10-21)41-16-14-35(30(38)34-27-8-4-3-7-26(27)33)13-5-6-15-40-25-19-22(31)18-23(32)20-25/h3-4,7-12,18-20,28H,2,5-6,13-17H2,1H3,(H,34,38)(H,36,37). The van der Waals surface area contributed by atoms with Gasteiger partial charge >= 0.3 is 12.0 Å². The van der Waals surface area contributed by atoms with Gasteiger partial charge in [-0.25, -0.2) is 9.59 Å². The Hall–Kier alpha value is -3.17. The Morgan fingerprint density at radius 3 is 2.22 bits per heavy atom. The average Bonchev–Trinajstić information content (AvgIpc) is 2.93. The molecule has 0 aliphatic heterocycles. The number of anilines is 1. The van der Waals surface area contributed by atoms with E-state index < -0.39 is 12.1 Å². The molecule has 0 radical (unpaired) electrons. The lowest BCUT2D eigenvalue weighted by Crippen LogP contribution is -2.38. The van der Waals surface area contributed by atoms with Crippen LogP contribution in [0.25, 0.3) is 0 Å². The lowest BCUT2D eigenvalue weighted by molar-refractivity contribution is -0.149. The number of carbonyl (C=O) groups excluding carboxylic acids is 1. The van der Waals surface area contributed by atoms with Gasteiger partial charge in [0.15, 0.2) is 6.10 Å². The third-order valence-corrected chi connectivity index (χ3v) is 6.71. The Morgan fingerprint density at radius 1 is 0.878 bits per heavy atom. The third kappa shape index (κ3) is 11.3. The number of halogens is 3. The molecular formula is C30H33Cl3N2O6. The van der Waals surface area contributed by atoms with Gasteiger partial charge in [0.1, 0.15) is 18.1 Å². The number of urea groups is 1. The Labute approximate surface area is 255 Å². The molecule has 220 valence electrons. The molecule has 0 saturated heterocycles. The van der Waals surface area contributed by atoms with Gasteiger partial charge in [0.05, 0.1) is 23.9 Å². The minimum Gasteiger partial charge on any atom is -0.493 e. The van der Waals surface area contributed by atoms with Crippen molar-refractivity contribution in [1.29, 1.82) is 0 Å². The van der Waals surface area contributed by atoms with Gasteiger partial charge in [-0.2, -0.15) is 0 Å². The van der Waals surface area contributed by atoms with E-state index in [-0.39, 0.29) is 19.1 Å². The van der Waals surface area contributed by atoms with Crippen LogP contribution < -0.4 is 14.8 Å². The maximum Gasteiger partial charge on any atom is 0.333 e. The predicted molar refractivity (Wildman–Crippen MR) is 162 cm³/mol. The number of aliphatic carboxylic acids is 1. The van der Waals surface area contributed by atoms with E-state index in [2.05, 4.69) is 5.32 Å². The quantitative estimate of drug-likeness (QED) is 0.161. The molecule has 2 amide bonds. The summed E-state index contributed by atoms with van der Waals surface area (Å²) in [5, 5.41) is 13.6. The van der Waals surface area contributed by atoms with Crippen molar-refractivity contribution in [2.24, 2.45) is 0 Å². The maximum absolute atomic E-state index is 13.1. The number of hydrogen-bond donors (Lipinski definition) is 2. The number of nitrogens with zero attached hydrogens (tertiary/aromatic N) is 1. The molecule has 3 aromatic rings. The van der Waals surface area contributed by atoms with Crippen LogP contribution in [0.4, 0.5) is 10.5 Å². The highest BCUT2D eigenvalue weighted by Gasteiger charge is 2.18. The topological polar surface area (TPSA) is 97.3 Å². The fraction of sp³-hybridized carbons (Fsp3) is 0.333. The average molecular weight is 624 g/mol. The number of carbonyl (C=O) groups is 2. The number of unbranched alkanes of at least 4 members (excludes halogenated alkanes) is 1. The van der Waals surface area contributed by atoms with Crippen molar-refractivity contribution in [2.45, 2.75) is 32.3 Å². The first-order valence-electron chi connectivity index (χ1n) is 13.2. The molecule has 41 heavy (non-hydrogen) atoms. The number of carboxylic acid groups (broad SMARTS) is 1. The SMILES string of the molecule is CCOC(Cc1ccc(OCCN(CCCCOc2cc(Cl)cc(Cl)c2)C(=O)Nc2ccccc2Cl)cc1)C(=O)O. The monoisotopic (exact) mass is 622 g/mol. The van der Waals surface area contributed by atoms with Gasteiger partial charge in [-0.15, -0.1) is 0 Å². The van der Waals surface area contributed by atoms with Crippen LogP contribution in [0.3, 0.4) is 0 Å². The largest absolute Gasteiger partial charge is 0.493 e. The first-order chi connectivity index (χ1) is 19.7. The van der Waals surface area contributed by atoms with E-state index in [1.807, 2.05) is 0 Å². The molecule has 0 heterocycles. The molecule has 3 aromatic carbocycles. The van der Waals surface area contributed by atoms with E-state index in [1.165, 1.54) is 0 Å². The fourth-order valence-corrected chi connectivity index (χ4v) is 4.60. The van der Waals surface area contributed by atoms with Crippen LogP contribution >= 0.6 is 34.8 Å². The molecule has 3 rings (SSSR count). The number of carboxylic acids is 1. The zero-order valence-corrected chi connectivity index (χ0v) is 24.9. The van der Waals surface area contributed by atoms with Crippen LogP contribution in [0.2, 0.25) is 15.1 Å². The van der Waals surface area contributed by atoms with Gasteiger partial charge in [-0.1, -0.05) is 59.1 Å². The molecule has 0 bridgehead atoms. The second-order valence-corrected chi connectivity index (χ2v) is 10.3. The normalized spacial score (nSPS) is 11.5. The van der Waals surface area contributed by atoms with Gasteiger partial charge in [-0.3, -0.25) is 0 Å². The number of amides is 2. The number of benzene rings is 3. The first kappa shape index (κ1) is 32.3. The van der Waals surface area contributed by atoms with E-state index in [4.69, 9.17) is 49.0 Å². The summed E-state index contributed by atoms with van der Waals surface area (Å²) in [6.07, 6.45) is 0.740. The summed E-state index contributed by atoms with van der Waals surface area (Å²) < 4.78 is 16.9. The molecule has 0 aliphatic rings. The Balaban J connectivity index is 1.53. The van der Waals surface area contributed by atoms with Crippen molar-refractivity contribution in [2.75, 3.05) is 38.2 Å². The number of rotatable bonds is 16. The van der Waals surface area contributed by atoms with Crippen LogP contribution in [-0.4, -0.2) is 61.0 Å². The van der Waals surface area contributed by atoms with E-state index in [1.54, 1.807) is 78.6 Å². The zero-order chi connectivity index (χ0) is 29.6. The molecule has 0 saturated carbocycles. The van der Waals surface area contributed by atoms with Crippen LogP contribution in [0.1, 0.15) is 25.3 Å². The third-order valence-electron chi connectivity index (χ3n) is 5.95. The molecule has 2 N–H and O–H groups in total. The maximum atomic E-state index is 13.1. The molecule has 0 aliphatic carbocycles. The first-order valence-corrected chi connectivity index (χ1v) is 14.3. The highest BCUT2D eigenvalue weighted by molar-refractivity contribution is 6.35. The van der Waals surface area contributed by atoms with Crippen molar-refractivity contribution in [3.05, 3.63) is 87.4 Å². The van der Waals surface area contributed by atoms with Crippen molar-refractivity contribution in [3.8, 4) is 11.5 Å². The summed E-state index contributed by atoms with van der Waals surface area (Å²) in [4.78, 5) is 26.1. The molecule has 0 fully saturated rings. The highest BCUT2D eigenvalue weighted by atomic mass is 35.5. The minimum absolute atomic E-state index is 0.253. The van der Waals surface area contributed by atoms with Crippen molar-refractivity contribution < 1.29 is 28.9 Å². The lowest BCUT2D eigenvalue weighted by atomic mass is 10.1. The number of ether oxygens (including phenoxy) is 3. The summed E-state index contributed by atoms with van der Waals surface area (Å²) in [6.45, 7) is 3.56. The van der Waals surface area contributed by atoms with Gasteiger partial charge in [-0.05, 0) is 67.8 Å². The second kappa shape index (κ2) is 16.9. The zero-order valence-electron chi connectivity index (χ0n) is 22.7. The van der Waals surface area contributed by atoms with E-state index in [0.717, 1.165) is 5.56 Å². The van der Waals surface area contributed by atoms with Gasteiger partial charge in [0.2, 0.25) is 0 Å². The predicted octanol–water partition coefficient (Wildman–Crippen LogP) is 7.45. The van der Waals surface area contributed by atoms with Crippen molar-refractivity contribution in [1.82, 2.24) is 4.90 Å². The summed E-state index contributed by atoms with van der Waals surface area (Å²) >= 11 is 18.3. The molecule has 8 nitrogen and oxygen atoms in total. The summed E-state index contributed by atoms with van der Waals surface area (Å²) in [7, 11) is 0. The number of para-hydroxylation sites is 1. The van der Waals surface area contributed by atoms with Gasteiger partial charge < -0.3 is 29.5 Å². The van der Waals surface area contributed by atoms with Crippen LogP contribution in [0.5, 0.6) is 11.5 Å². The second-order valence-electron chi connectivity index (χ2n) is 9.04. The molecular weight excluding hydrogens is 591 g/mol. The molecule has 11 heteroatoms. The Bertz CT molecular complexity index is 1260. The van der Waals surface area contributed by atoms with Crippen LogP contribution in [0.15, 0.2) is 66.7 Å². The van der Waals surface area contributed by atoms with E-state index in [0.29, 0.717) is 71.4 Å². The summed E-state index contributed by atoms with van der Waals surface area (Å²) in [5.41, 5.74) is 1.34. The van der Waals surface area contributed by atoms with Crippen LogP contribution in [0, 0.1) is 0 Å². The fourth-order valence-electron chi connectivity index (χ4n) is 3.91. The molecule has 1 unspecified atom stereocenters. The highest BCUT2D eigenvalue weighted by Crippen LogP contribution is 2.24. The van der Waals surface area contributed by atoms with Crippen molar-refractivity contribution in [3.63, 3.8) is 0 Å². The van der Waals surface area contributed by atoms with Gasteiger partial charge in [0, 0.05) is 29.6 Å². The molecule has 0 aromatic heterocycles. The van der Waals surface area contributed by atoms with E-state index in [9.17, 15) is 14.7 Å². The summed E-state index contributed by atoms with van der Waals surface area (Å²) in [5.74, 6) is 0.200. The van der Waals surface area contributed by atoms with Crippen molar-refractivity contribution >= 4 is 52.5 Å². The molecule has 1 atom stereocenters. The van der Waals surface area contributed by atoms with Gasteiger partial charge in [0.25, 0.3) is 0 Å². The minimum atomic E-state index is -0.997. The summed E-state index contributed by atoms with van der Waals surface area (Å²) in [6, 6.07) is 18.9. The number of hydrogen-bond acceptors (Lipinski definition) is 5. The Kier molecular flexibility index (Phi) is 13.4. The lowest BCUT2D eigenvalue weighted by Gasteiger charge is -2.23. The Morgan fingerprint density at radius 2 is 1.56 bits per heavy atom. The molecule has 0 spiro atoms.